The van der Waals surface area contributed by atoms with Crippen LogP contribution in [0.25, 0.3) is 0 Å². The number of hydrogen-bond donors (Lipinski definition) is 1. The minimum Gasteiger partial charge on any atom is -0.311 e. The van der Waals surface area contributed by atoms with E-state index in [-0.39, 0.29) is 0 Å². The molecule has 2 atom stereocenters. The lowest BCUT2D eigenvalue weighted by molar-refractivity contribution is 0.0799. The lowest BCUT2D eigenvalue weighted by Gasteiger charge is -2.44. The smallest absolute Gasteiger partial charge is 0.0218 e. The predicted octanol–water partition coefficient (Wildman–Crippen LogP) is 3.91. The SMILES string of the molecule is CCC1CCC(CN2CC(C(C)C)NCC2CC)CC1. The Kier molecular flexibility index (Phi) is 6.35. The highest BCUT2D eigenvalue weighted by molar-refractivity contribution is 4.88. The van der Waals surface area contributed by atoms with Crippen LogP contribution in [0.5, 0.6) is 0 Å². The third-order valence-electron chi connectivity index (χ3n) is 5.88. The Balaban J connectivity index is 1.85. The molecule has 1 saturated carbocycles. The Labute approximate surface area is 126 Å². The third-order valence-corrected chi connectivity index (χ3v) is 5.88. The minimum atomic E-state index is 0.699. The van der Waals surface area contributed by atoms with Gasteiger partial charge in [0.25, 0.3) is 0 Å². The van der Waals surface area contributed by atoms with Crippen molar-refractivity contribution < 1.29 is 0 Å². The molecule has 1 saturated heterocycles. The van der Waals surface area contributed by atoms with Crippen molar-refractivity contribution in [3.05, 3.63) is 0 Å². The highest BCUT2D eigenvalue weighted by Gasteiger charge is 2.30. The van der Waals surface area contributed by atoms with E-state index in [1.165, 1.54) is 58.2 Å². The van der Waals surface area contributed by atoms with Gasteiger partial charge in [-0.2, -0.15) is 0 Å². The molecular weight excluding hydrogens is 244 g/mol. The van der Waals surface area contributed by atoms with Gasteiger partial charge in [-0.05, 0) is 37.0 Å². The molecule has 0 radical (unpaired) electrons. The van der Waals surface area contributed by atoms with E-state index < -0.39 is 0 Å². The molecule has 1 heterocycles. The van der Waals surface area contributed by atoms with Crippen molar-refractivity contribution in [2.45, 2.75) is 78.3 Å². The van der Waals surface area contributed by atoms with Gasteiger partial charge in [-0.25, -0.2) is 0 Å². The van der Waals surface area contributed by atoms with Crippen molar-refractivity contribution in [1.82, 2.24) is 10.2 Å². The van der Waals surface area contributed by atoms with Crippen molar-refractivity contribution in [2.24, 2.45) is 17.8 Å². The first-order valence-corrected chi connectivity index (χ1v) is 9.11. The monoisotopic (exact) mass is 280 g/mol. The summed E-state index contributed by atoms with van der Waals surface area (Å²) in [7, 11) is 0. The van der Waals surface area contributed by atoms with Gasteiger partial charge in [-0.1, -0.05) is 47.0 Å². The second-order valence-corrected chi connectivity index (χ2v) is 7.57. The summed E-state index contributed by atoms with van der Waals surface area (Å²) in [6.07, 6.45) is 8.61. The summed E-state index contributed by atoms with van der Waals surface area (Å²) >= 11 is 0. The highest BCUT2D eigenvalue weighted by atomic mass is 15.2. The topological polar surface area (TPSA) is 15.3 Å². The minimum absolute atomic E-state index is 0.699. The average molecular weight is 281 g/mol. The molecule has 1 N–H and O–H groups in total. The Morgan fingerprint density at radius 1 is 1.00 bits per heavy atom. The van der Waals surface area contributed by atoms with Gasteiger partial charge in [-0.15, -0.1) is 0 Å². The zero-order valence-electron chi connectivity index (χ0n) is 14.2. The number of nitrogens with one attached hydrogen (secondary N) is 1. The fourth-order valence-electron chi connectivity index (χ4n) is 4.11. The molecule has 2 fully saturated rings. The zero-order chi connectivity index (χ0) is 14.5. The molecule has 2 rings (SSSR count). The van der Waals surface area contributed by atoms with Crippen LogP contribution in [0.4, 0.5) is 0 Å². The van der Waals surface area contributed by atoms with Gasteiger partial charge in [0.2, 0.25) is 0 Å². The van der Waals surface area contributed by atoms with Crippen LogP contribution in [0.1, 0.15) is 66.2 Å². The van der Waals surface area contributed by atoms with E-state index in [0.717, 1.165) is 23.8 Å². The summed E-state index contributed by atoms with van der Waals surface area (Å²) in [5, 5.41) is 3.76. The Morgan fingerprint density at radius 2 is 1.65 bits per heavy atom. The maximum Gasteiger partial charge on any atom is 0.0218 e. The predicted molar refractivity (Wildman–Crippen MR) is 88.0 cm³/mol. The van der Waals surface area contributed by atoms with Crippen LogP contribution in [0, 0.1) is 17.8 Å². The zero-order valence-corrected chi connectivity index (χ0v) is 14.2. The van der Waals surface area contributed by atoms with Gasteiger partial charge in [0.15, 0.2) is 0 Å². The summed E-state index contributed by atoms with van der Waals surface area (Å²) in [4.78, 5) is 2.82. The molecule has 2 nitrogen and oxygen atoms in total. The molecule has 0 spiro atoms. The molecule has 0 aromatic rings. The fraction of sp³-hybridized carbons (Fsp3) is 1.00. The van der Waals surface area contributed by atoms with Crippen LogP contribution in [-0.4, -0.2) is 36.6 Å². The lowest BCUT2D eigenvalue weighted by Crippen LogP contribution is -2.58. The van der Waals surface area contributed by atoms with Crippen LogP contribution in [0.15, 0.2) is 0 Å². The van der Waals surface area contributed by atoms with Gasteiger partial charge in [0.1, 0.15) is 0 Å². The number of rotatable bonds is 5. The molecule has 1 aliphatic heterocycles. The summed E-state index contributed by atoms with van der Waals surface area (Å²) in [5.41, 5.74) is 0. The molecular formula is C18H36N2. The van der Waals surface area contributed by atoms with Crippen LogP contribution >= 0.6 is 0 Å². The highest BCUT2D eigenvalue weighted by Crippen LogP contribution is 2.32. The summed E-state index contributed by atoms with van der Waals surface area (Å²) in [6, 6.07) is 1.47. The third kappa shape index (κ3) is 4.21. The molecule has 118 valence electrons. The normalized spacial score (nSPS) is 36.5. The molecule has 0 aromatic heterocycles. The maximum atomic E-state index is 3.76. The molecule has 1 aliphatic carbocycles. The number of hydrogen-bond acceptors (Lipinski definition) is 2. The lowest BCUT2D eigenvalue weighted by atomic mass is 9.80. The van der Waals surface area contributed by atoms with E-state index in [1.54, 1.807) is 0 Å². The van der Waals surface area contributed by atoms with Crippen molar-refractivity contribution in [3.8, 4) is 0 Å². The van der Waals surface area contributed by atoms with Gasteiger partial charge in [0, 0.05) is 31.7 Å². The van der Waals surface area contributed by atoms with E-state index in [4.69, 9.17) is 0 Å². The van der Waals surface area contributed by atoms with Crippen molar-refractivity contribution >= 4 is 0 Å². The van der Waals surface area contributed by atoms with Gasteiger partial charge in [0.05, 0.1) is 0 Å². The first-order chi connectivity index (χ1) is 9.63. The largest absolute Gasteiger partial charge is 0.311 e. The molecule has 0 bridgehead atoms. The molecule has 2 aliphatic rings. The first kappa shape index (κ1) is 16.3. The average Bonchev–Trinajstić information content (AvgIpc) is 2.48. The van der Waals surface area contributed by atoms with Crippen LogP contribution in [-0.2, 0) is 0 Å². The maximum absolute atomic E-state index is 3.76. The van der Waals surface area contributed by atoms with E-state index in [0.29, 0.717) is 6.04 Å². The van der Waals surface area contributed by atoms with Gasteiger partial charge >= 0.3 is 0 Å². The second kappa shape index (κ2) is 7.79. The van der Waals surface area contributed by atoms with Crippen molar-refractivity contribution in [1.29, 1.82) is 0 Å². The van der Waals surface area contributed by atoms with Gasteiger partial charge < -0.3 is 5.32 Å². The summed E-state index contributed by atoms with van der Waals surface area (Å²) < 4.78 is 0. The van der Waals surface area contributed by atoms with Crippen LogP contribution in [0.2, 0.25) is 0 Å². The number of nitrogens with zero attached hydrogens (tertiary/aromatic N) is 1. The van der Waals surface area contributed by atoms with Crippen molar-refractivity contribution in [3.63, 3.8) is 0 Å². The molecule has 0 aromatic carbocycles. The Hall–Kier alpha value is -0.0800. The van der Waals surface area contributed by atoms with E-state index in [1.807, 2.05) is 0 Å². The number of piperazine rings is 1. The van der Waals surface area contributed by atoms with E-state index in [2.05, 4.69) is 37.9 Å². The van der Waals surface area contributed by atoms with Crippen LogP contribution in [0.3, 0.4) is 0 Å². The Bertz CT molecular complexity index is 269. The second-order valence-electron chi connectivity index (χ2n) is 7.57. The Morgan fingerprint density at radius 3 is 2.20 bits per heavy atom. The quantitative estimate of drug-likeness (QED) is 0.821. The van der Waals surface area contributed by atoms with E-state index >= 15 is 0 Å². The first-order valence-electron chi connectivity index (χ1n) is 9.11. The molecule has 20 heavy (non-hydrogen) atoms. The molecule has 2 heteroatoms. The summed E-state index contributed by atoms with van der Waals surface area (Å²) in [5.74, 6) is 2.75. The fourth-order valence-corrected chi connectivity index (χ4v) is 4.11. The molecule has 0 amide bonds. The standard InChI is InChI=1S/C18H36N2/c1-5-15-7-9-16(10-8-15)12-20-13-18(14(3)4)19-11-17(20)6-2/h14-19H,5-13H2,1-4H3. The molecule has 2 unspecified atom stereocenters. The summed E-state index contributed by atoms with van der Waals surface area (Å²) in [6.45, 7) is 13.3. The van der Waals surface area contributed by atoms with Gasteiger partial charge in [-0.3, -0.25) is 4.90 Å². The van der Waals surface area contributed by atoms with Crippen molar-refractivity contribution in [2.75, 3.05) is 19.6 Å². The van der Waals surface area contributed by atoms with Crippen LogP contribution < -0.4 is 5.32 Å². The van der Waals surface area contributed by atoms with E-state index in [9.17, 15) is 0 Å².